The van der Waals surface area contributed by atoms with Gasteiger partial charge in [-0.15, -0.1) is 0 Å². The molecule has 0 saturated heterocycles. The molecule has 4 nitrogen and oxygen atoms in total. The van der Waals surface area contributed by atoms with Crippen LogP contribution in [0.15, 0.2) is 52.0 Å². The number of hydrogen-bond acceptors (Lipinski definition) is 4. The van der Waals surface area contributed by atoms with Crippen molar-refractivity contribution in [1.29, 1.82) is 0 Å². The first kappa shape index (κ1) is 16.5. The summed E-state index contributed by atoms with van der Waals surface area (Å²) in [6, 6.07) is 11.9. The van der Waals surface area contributed by atoms with Crippen molar-refractivity contribution < 1.29 is 9.53 Å². The molecular weight excluding hydrogens is 444 g/mol. The van der Waals surface area contributed by atoms with Crippen LogP contribution in [0.1, 0.15) is 16.1 Å². The lowest BCUT2D eigenvalue weighted by molar-refractivity contribution is 0.0602. The maximum absolute atomic E-state index is 12.3. The second-order valence-corrected chi connectivity index (χ2v) is 7.17. The van der Waals surface area contributed by atoms with Crippen LogP contribution in [0.2, 0.25) is 0 Å². The van der Waals surface area contributed by atoms with E-state index in [9.17, 15) is 4.79 Å². The number of fused-ring (bicyclic) bond motifs is 1. The molecule has 2 heterocycles. The zero-order valence-electron chi connectivity index (χ0n) is 12.1. The molecule has 0 bridgehead atoms. The summed E-state index contributed by atoms with van der Waals surface area (Å²) in [5.41, 5.74) is 2.10. The van der Waals surface area contributed by atoms with Crippen LogP contribution >= 0.6 is 43.8 Å². The van der Waals surface area contributed by atoms with Crippen LogP contribution in [0.5, 0.6) is 0 Å². The summed E-state index contributed by atoms with van der Waals surface area (Å²) >= 11 is 8.43. The smallest absolute Gasteiger partial charge is 0.340 e. The van der Waals surface area contributed by atoms with Gasteiger partial charge in [0.25, 0.3) is 0 Å². The van der Waals surface area contributed by atoms with E-state index in [4.69, 9.17) is 4.74 Å². The molecule has 118 valence electrons. The zero-order valence-corrected chi connectivity index (χ0v) is 16.1. The van der Waals surface area contributed by atoms with Crippen LogP contribution in [-0.2, 0) is 10.1 Å². The van der Waals surface area contributed by atoms with Gasteiger partial charge in [0.15, 0.2) is 5.65 Å². The summed E-state index contributed by atoms with van der Waals surface area (Å²) in [4.78, 5) is 17.8. The van der Waals surface area contributed by atoms with Crippen LogP contribution in [0.4, 0.5) is 0 Å². The zero-order chi connectivity index (χ0) is 16.4. The first-order valence-electron chi connectivity index (χ1n) is 6.72. The van der Waals surface area contributed by atoms with Crippen LogP contribution in [0.3, 0.4) is 0 Å². The molecule has 0 N–H and O–H groups in total. The third-order valence-corrected chi connectivity index (χ3v) is 5.31. The van der Waals surface area contributed by atoms with E-state index < -0.39 is 0 Å². The Kier molecular flexibility index (Phi) is 5.08. The molecule has 0 aliphatic carbocycles. The van der Waals surface area contributed by atoms with Crippen LogP contribution < -0.4 is 0 Å². The maximum Gasteiger partial charge on any atom is 0.340 e. The number of esters is 1. The fourth-order valence-corrected chi connectivity index (χ4v) is 4.31. The topological polar surface area (TPSA) is 44.1 Å². The van der Waals surface area contributed by atoms with Gasteiger partial charge in [0.2, 0.25) is 0 Å². The minimum absolute atomic E-state index is 0.364. The van der Waals surface area contributed by atoms with E-state index >= 15 is 0 Å². The van der Waals surface area contributed by atoms with Gasteiger partial charge in [-0.25, -0.2) is 9.78 Å². The molecule has 0 radical (unpaired) electrons. The Morgan fingerprint density at radius 3 is 2.74 bits per heavy atom. The Morgan fingerprint density at radius 2 is 2.09 bits per heavy atom. The third kappa shape index (κ3) is 3.18. The molecule has 0 aliphatic rings. The molecule has 23 heavy (non-hydrogen) atoms. The Morgan fingerprint density at radius 1 is 1.35 bits per heavy atom. The van der Waals surface area contributed by atoms with Crippen molar-refractivity contribution in [2.75, 3.05) is 7.11 Å². The number of pyridine rings is 1. The second-order valence-electron chi connectivity index (χ2n) is 4.67. The first-order chi connectivity index (χ1) is 11.2. The number of alkyl halides is 1. The van der Waals surface area contributed by atoms with E-state index in [0.717, 1.165) is 26.1 Å². The lowest BCUT2D eigenvalue weighted by atomic mass is 10.2. The number of methoxy groups -OCH3 is 1. The van der Waals surface area contributed by atoms with Gasteiger partial charge >= 0.3 is 5.97 Å². The van der Waals surface area contributed by atoms with Gasteiger partial charge in [0, 0.05) is 26.3 Å². The van der Waals surface area contributed by atoms with Crippen LogP contribution in [0, 0.1) is 0 Å². The van der Waals surface area contributed by atoms with Crippen molar-refractivity contribution in [3.8, 4) is 0 Å². The third-order valence-electron chi connectivity index (χ3n) is 3.28. The number of carbonyl (C=O) groups is 1. The highest BCUT2D eigenvalue weighted by Crippen LogP contribution is 2.35. The first-order valence-corrected chi connectivity index (χ1v) is 9.41. The minimum atomic E-state index is -0.364. The highest BCUT2D eigenvalue weighted by atomic mass is 79.9. The van der Waals surface area contributed by atoms with E-state index in [1.165, 1.54) is 19.1 Å². The van der Waals surface area contributed by atoms with E-state index in [2.05, 4.69) is 36.8 Å². The van der Waals surface area contributed by atoms with Crippen molar-refractivity contribution >= 4 is 60.8 Å². The van der Waals surface area contributed by atoms with Gasteiger partial charge in [-0.2, -0.15) is 0 Å². The number of benzene rings is 1. The summed E-state index contributed by atoms with van der Waals surface area (Å²) in [5.74, 6) is -0.364. The number of aromatic nitrogens is 2. The number of carbonyl (C=O) groups excluding carboxylic acids is 1. The number of hydrogen-bond donors (Lipinski definition) is 0. The molecule has 7 heteroatoms. The molecule has 0 unspecified atom stereocenters. The summed E-state index contributed by atoms with van der Waals surface area (Å²) in [6.45, 7) is 0. The van der Waals surface area contributed by atoms with Crippen molar-refractivity contribution in [2.45, 2.75) is 10.2 Å². The SMILES string of the molecule is COC(=O)c1c(CBr)n(Sc2ccccc2)c2ncc(Br)cc12. The molecule has 0 amide bonds. The lowest BCUT2D eigenvalue weighted by Crippen LogP contribution is -2.05. The predicted octanol–water partition coefficient (Wildman–Crippen LogP) is 5.04. The molecule has 3 aromatic rings. The largest absolute Gasteiger partial charge is 0.465 e. The highest BCUT2D eigenvalue weighted by molar-refractivity contribution is 9.10. The van der Waals surface area contributed by atoms with Gasteiger partial charge < -0.3 is 4.74 Å². The van der Waals surface area contributed by atoms with E-state index in [1.54, 1.807) is 6.20 Å². The van der Waals surface area contributed by atoms with Crippen LogP contribution in [-0.4, -0.2) is 22.0 Å². The Balaban J connectivity index is 2.25. The van der Waals surface area contributed by atoms with E-state index in [-0.39, 0.29) is 5.97 Å². The van der Waals surface area contributed by atoms with Crippen molar-refractivity contribution in [3.05, 3.63) is 58.3 Å². The normalized spacial score (nSPS) is 10.9. The molecule has 0 fully saturated rings. The quantitative estimate of drug-likeness (QED) is 0.408. The number of ether oxygens (including phenoxy) is 1. The van der Waals surface area contributed by atoms with Crippen molar-refractivity contribution in [1.82, 2.24) is 8.96 Å². The summed E-state index contributed by atoms with van der Waals surface area (Å²) in [5, 5.41) is 1.29. The van der Waals surface area contributed by atoms with Gasteiger partial charge in [-0.3, -0.25) is 3.97 Å². The molecule has 0 spiro atoms. The molecule has 1 aromatic carbocycles. The van der Waals surface area contributed by atoms with E-state index in [0.29, 0.717) is 10.9 Å². The minimum Gasteiger partial charge on any atom is -0.465 e. The summed E-state index contributed by atoms with van der Waals surface area (Å²) in [7, 11) is 1.39. The average molecular weight is 456 g/mol. The van der Waals surface area contributed by atoms with Gasteiger partial charge in [0.1, 0.15) is 0 Å². The second kappa shape index (κ2) is 7.07. The molecule has 2 aromatic heterocycles. The average Bonchev–Trinajstić information content (AvgIpc) is 2.87. The predicted molar refractivity (Wildman–Crippen MR) is 99.1 cm³/mol. The molecule has 0 saturated carbocycles. The Labute approximate surface area is 154 Å². The molecule has 3 rings (SSSR count). The highest BCUT2D eigenvalue weighted by Gasteiger charge is 2.24. The Bertz CT molecular complexity index is 865. The van der Waals surface area contributed by atoms with Gasteiger partial charge in [-0.1, -0.05) is 34.1 Å². The summed E-state index contributed by atoms with van der Waals surface area (Å²) < 4.78 is 7.75. The standard InChI is InChI=1S/C16H12Br2N2O2S/c1-22-16(21)14-12-7-10(18)9-19-15(12)20(13(14)8-17)23-11-5-3-2-4-6-11/h2-7,9H,8H2,1H3. The molecule has 0 atom stereocenters. The summed E-state index contributed by atoms with van der Waals surface area (Å²) in [6.07, 6.45) is 1.73. The van der Waals surface area contributed by atoms with Crippen LogP contribution in [0.25, 0.3) is 11.0 Å². The van der Waals surface area contributed by atoms with Gasteiger partial charge in [-0.05, 0) is 46.1 Å². The fraction of sp³-hybridized carbons (Fsp3) is 0.125. The number of halogens is 2. The molecular formula is C16H12Br2N2O2S. The van der Waals surface area contributed by atoms with Crippen molar-refractivity contribution in [2.24, 2.45) is 0 Å². The fourth-order valence-electron chi connectivity index (χ4n) is 2.30. The molecule has 0 aliphatic heterocycles. The maximum atomic E-state index is 12.3. The van der Waals surface area contributed by atoms with Crippen molar-refractivity contribution in [3.63, 3.8) is 0 Å². The van der Waals surface area contributed by atoms with Gasteiger partial charge in [0.05, 0.1) is 18.4 Å². The number of nitrogens with zero attached hydrogens (tertiary/aromatic N) is 2. The Hall–Kier alpha value is -1.31. The number of rotatable bonds is 4. The lowest BCUT2D eigenvalue weighted by Gasteiger charge is -2.08. The van der Waals surface area contributed by atoms with E-state index in [1.807, 2.05) is 40.4 Å². The monoisotopic (exact) mass is 454 g/mol.